The van der Waals surface area contributed by atoms with Gasteiger partial charge in [0, 0.05) is 31.7 Å². The van der Waals surface area contributed by atoms with Crippen LogP contribution < -0.4 is 0 Å². The lowest BCUT2D eigenvalue weighted by Gasteiger charge is -2.40. The molecule has 3 heteroatoms. The summed E-state index contributed by atoms with van der Waals surface area (Å²) < 4.78 is 0. The average molecular weight is 370 g/mol. The van der Waals surface area contributed by atoms with Gasteiger partial charge in [0.25, 0.3) is 5.91 Å². The zero-order chi connectivity index (χ0) is 19.3. The van der Waals surface area contributed by atoms with E-state index in [0.29, 0.717) is 0 Å². The highest BCUT2D eigenvalue weighted by molar-refractivity contribution is 5.94. The second-order valence-electron chi connectivity index (χ2n) is 7.36. The van der Waals surface area contributed by atoms with Crippen LogP contribution in [0.2, 0.25) is 0 Å². The first kappa shape index (κ1) is 18.5. The molecule has 1 aliphatic heterocycles. The van der Waals surface area contributed by atoms with Crippen molar-refractivity contribution >= 4 is 5.91 Å². The smallest absolute Gasteiger partial charge is 0.253 e. The van der Waals surface area contributed by atoms with E-state index in [9.17, 15) is 4.79 Å². The van der Waals surface area contributed by atoms with Crippen molar-refractivity contribution in [3.05, 3.63) is 107 Å². The number of hydrogen-bond acceptors (Lipinski definition) is 2. The Labute approximate surface area is 167 Å². The molecule has 0 unspecified atom stereocenters. The molecule has 1 amide bonds. The average Bonchev–Trinajstić information content (AvgIpc) is 2.77. The Kier molecular flexibility index (Phi) is 5.54. The molecule has 4 rings (SSSR count). The van der Waals surface area contributed by atoms with Crippen molar-refractivity contribution in [1.29, 1.82) is 0 Å². The third-order valence-electron chi connectivity index (χ3n) is 5.59. The largest absolute Gasteiger partial charge is 0.336 e. The Balaban J connectivity index is 1.55. The van der Waals surface area contributed by atoms with Crippen LogP contribution in [-0.4, -0.2) is 41.9 Å². The Morgan fingerprint density at radius 3 is 1.96 bits per heavy atom. The molecule has 1 aliphatic rings. The fourth-order valence-corrected chi connectivity index (χ4v) is 4.06. The molecule has 3 aromatic rings. The standard InChI is InChI=1S/C25H26N2O/c1-20-10-8-9-15-23(20)24(21-11-4-2-5-12-21)26-16-18-27(19-17-26)25(28)22-13-6-3-7-14-22/h2-15,24H,16-19H2,1H3/t24-/m0/s1. The lowest BCUT2D eigenvalue weighted by molar-refractivity contribution is 0.0597. The van der Waals surface area contributed by atoms with Crippen LogP contribution in [0, 0.1) is 6.92 Å². The van der Waals surface area contributed by atoms with Crippen molar-refractivity contribution in [3.8, 4) is 0 Å². The highest BCUT2D eigenvalue weighted by Gasteiger charge is 2.29. The SMILES string of the molecule is Cc1ccccc1[C@H](c1ccccc1)N1CCN(C(=O)c2ccccc2)CC1. The van der Waals surface area contributed by atoms with Gasteiger partial charge in [-0.2, -0.15) is 0 Å². The van der Waals surface area contributed by atoms with E-state index in [1.807, 2.05) is 35.2 Å². The van der Waals surface area contributed by atoms with E-state index < -0.39 is 0 Å². The summed E-state index contributed by atoms with van der Waals surface area (Å²) in [5.74, 6) is 0.132. The topological polar surface area (TPSA) is 23.6 Å². The summed E-state index contributed by atoms with van der Waals surface area (Å²) in [7, 11) is 0. The first-order valence-electron chi connectivity index (χ1n) is 9.93. The van der Waals surface area contributed by atoms with Crippen molar-refractivity contribution in [2.24, 2.45) is 0 Å². The van der Waals surface area contributed by atoms with Gasteiger partial charge >= 0.3 is 0 Å². The molecule has 0 bridgehead atoms. The molecule has 1 atom stereocenters. The van der Waals surface area contributed by atoms with Gasteiger partial charge in [-0.15, -0.1) is 0 Å². The molecule has 0 saturated carbocycles. The third kappa shape index (κ3) is 3.85. The van der Waals surface area contributed by atoms with Crippen LogP contribution in [0.4, 0.5) is 0 Å². The molecule has 28 heavy (non-hydrogen) atoms. The fourth-order valence-electron chi connectivity index (χ4n) is 4.06. The summed E-state index contributed by atoms with van der Waals surface area (Å²) in [6.45, 7) is 5.42. The van der Waals surface area contributed by atoms with Crippen molar-refractivity contribution in [3.63, 3.8) is 0 Å². The van der Waals surface area contributed by atoms with Crippen LogP contribution >= 0.6 is 0 Å². The molecule has 0 aliphatic carbocycles. The van der Waals surface area contributed by atoms with Crippen molar-refractivity contribution < 1.29 is 4.79 Å². The maximum absolute atomic E-state index is 12.8. The molecule has 0 aromatic heterocycles. The maximum Gasteiger partial charge on any atom is 0.253 e. The van der Waals surface area contributed by atoms with Crippen LogP contribution in [0.1, 0.15) is 33.1 Å². The second-order valence-corrected chi connectivity index (χ2v) is 7.36. The van der Waals surface area contributed by atoms with Gasteiger partial charge in [-0.05, 0) is 35.7 Å². The summed E-state index contributed by atoms with van der Waals surface area (Å²) >= 11 is 0. The van der Waals surface area contributed by atoms with Crippen LogP contribution in [0.25, 0.3) is 0 Å². The second kappa shape index (κ2) is 8.41. The summed E-state index contributed by atoms with van der Waals surface area (Å²) in [4.78, 5) is 17.3. The van der Waals surface area contributed by atoms with Crippen LogP contribution in [0.3, 0.4) is 0 Å². The summed E-state index contributed by atoms with van der Waals surface area (Å²) in [5.41, 5.74) is 4.73. The molecule has 3 nitrogen and oxygen atoms in total. The van der Waals surface area contributed by atoms with Gasteiger partial charge in [0.2, 0.25) is 0 Å². The van der Waals surface area contributed by atoms with E-state index in [1.165, 1.54) is 16.7 Å². The number of nitrogens with zero attached hydrogens (tertiary/aromatic N) is 2. The lowest BCUT2D eigenvalue weighted by Crippen LogP contribution is -2.50. The van der Waals surface area contributed by atoms with Gasteiger partial charge in [0.05, 0.1) is 6.04 Å². The predicted octanol–water partition coefficient (Wildman–Crippen LogP) is 4.54. The highest BCUT2D eigenvalue weighted by Crippen LogP contribution is 2.31. The number of piperazine rings is 1. The molecule has 1 saturated heterocycles. The van der Waals surface area contributed by atoms with Gasteiger partial charge in [-0.25, -0.2) is 0 Å². The number of amides is 1. The summed E-state index contributed by atoms with van der Waals surface area (Å²) in [5, 5.41) is 0. The van der Waals surface area contributed by atoms with E-state index >= 15 is 0 Å². The van der Waals surface area contributed by atoms with E-state index in [-0.39, 0.29) is 11.9 Å². The minimum atomic E-state index is 0.132. The Morgan fingerprint density at radius 1 is 0.750 bits per heavy atom. The van der Waals surface area contributed by atoms with Gasteiger partial charge < -0.3 is 4.90 Å². The van der Waals surface area contributed by atoms with Gasteiger partial charge in [-0.3, -0.25) is 9.69 Å². The Hall–Kier alpha value is -2.91. The van der Waals surface area contributed by atoms with E-state index in [4.69, 9.17) is 0 Å². The monoisotopic (exact) mass is 370 g/mol. The molecule has 142 valence electrons. The minimum Gasteiger partial charge on any atom is -0.336 e. The normalized spacial score (nSPS) is 16.0. The van der Waals surface area contributed by atoms with Crippen molar-refractivity contribution in [1.82, 2.24) is 9.80 Å². The van der Waals surface area contributed by atoms with Crippen LogP contribution in [0.5, 0.6) is 0 Å². The molecule has 0 N–H and O–H groups in total. The molecule has 1 heterocycles. The van der Waals surface area contributed by atoms with Gasteiger partial charge in [-0.1, -0.05) is 72.8 Å². The Morgan fingerprint density at radius 2 is 1.32 bits per heavy atom. The number of benzene rings is 3. The number of hydrogen-bond donors (Lipinski definition) is 0. The van der Waals surface area contributed by atoms with E-state index in [2.05, 4.69) is 66.4 Å². The van der Waals surface area contributed by atoms with E-state index in [1.54, 1.807) is 0 Å². The number of carbonyl (C=O) groups is 1. The first-order chi connectivity index (χ1) is 13.7. The van der Waals surface area contributed by atoms with Crippen LogP contribution in [-0.2, 0) is 0 Å². The molecular weight excluding hydrogens is 344 g/mol. The third-order valence-corrected chi connectivity index (χ3v) is 5.59. The van der Waals surface area contributed by atoms with E-state index in [0.717, 1.165) is 31.7 Å². The fraction of sp³-hybridized carbons (Fsp3) is 0.240. The Bertz CT molecular complexity index is 916. The molecule has 0 spiro atoms. The summed E-state index contributed by atoms with van der Waals surface area (Å²) in [6.07, 6.45) is 0. The van der Waals surface area contributed by atoms with Crippen molar-refractivity contribution in [2.75, 3.05) is 26.2 Å². The van der Waals surface area contributed by atoms with Gasteiger partial charge in [0.15, 0.2) is 0 Å². The minimum absolute atomic E-state index is 0.132. The quantitative estimate of drug-likeness (QED) is 0.673. The zero-order valence-electron chi connectivity index (χ0n) is 16.3. The zero-order valence-corrected chi connectivity index (χ0v) is 16.3. The first-order valence-corrected chi connectivity index (χ1v) is 9.93. The molecule has 1 fully saturated rings. The number of carbonyl (C=O) groups excluding carboxylic acids is 1. The summed E-state index contributed by atoms with van der Waals surface area (Å²) in [6, 6.07) is 29.1. The van der Waals surface area contributed by atoms with Gasteiger partial charge in [0.1, 0.15) is 0 Å². The number of rotatable bonds is 4. The van der Waals surface area contributed by atoms with Crippen molar-refractivity contribution in [2.45, 2.75) is 13.0 Å². The predicted molar refractivity (Wildman–Crippen MR) is 113 cm³/mol. The molecule has 3 aromatic carbocycles. The lowest BCUT2D eigenvalue weighted by atomic mass is 9.93. The highest BCUT2D eigenvalue weighted by atomic mass is 16.2. The molecular formula is C25H26N2O. The molecule has 0 radical (unpaired) electrons. The maximum atomic E-state index is 12.8. The number of aryl methyl sites for hydroxylation is 1. The van der Waals surface area contributed by atoms with Crippen LogP contribution in [0.15, 0.2) is 84.9 Å².